The van der Waals surface area contributed by atoms with Crippen molar-refractivity contribution in [3.63, 3.8) is 0 Å². The van der Waals surface area contributed by atoms with Crippen LogP contribution in [0.3, 0.4) is 0 Å². The van der Waals surface area contributed by atoms with E-state index in [1.54, 1.807) is 0 Å². The molecular formula is C14H26N2. The summed E-state index contributed by atoms with van der Waals surface area (Å²) in [4.78, 5) is 6.64. The van der Waals surface area contributed by atoms with Gasteiger partial charge in [-0.05, 0) is 31.4 Å². The van der Waals surface area contributed by atoms with Gasteiger partial charge in [-0.25, -0.2) is 4.98 Å². The van der Waals surface area contributed by atoms with Crippen LogP contribution in [-0.4, -0.2) is 18.1 Å². The van der Waals surface area contributed by atoms with Gasteiger partial charge in [-0.3, -0.25) is 0 Å². The predicted molar refractivity (Wildman–Crippen MR) is 73.1 cm³/mol. The van der Waals surface area contributed by atoms with Crippen LogP contribution in [0.15, 0.2) is 18.3 Å². The largest absolute Gasteiger partial charge is 0.357 e. The lowest BCUT2D eigenvalue weighted by Crippen LogP contribution is -2.34. The number of aryl methyl sites for hydroxylation is 1. The Balaban J connectivity index is 0.000000509. The average molecular weight is 222 g/mol. The zero-order chi connectivity index (χ0) is 12.6. The van der Waals surface area contributed by atoms with E-state index in [9.17, 15) is 0 Å². The van der Waals surface area contributed by atoms with Crippen LogP contribution in [0.1, 0.15) is 46.6 Å². The Bertz CT molecular complexity index is 284. The normalized spacial score (nSPS) is 17.4. The third-order valence-corrected chi connectivity index (χ3v) is 2.69. The molecule has 1 atom stereocenters. The molecule has 0 bridgehead atoms. The van der Waals surface area contributed by atoms with E-state index in [-0.39, 0.29) is 0 Å². The third-order valence-electron chi connectivity index (χ3n) is 2.69. The minimum atomic E-state index is 0.632. The summed E-state index contributed by atoms with van der Waals surface area (Å²) >= 11 is 0. The van der Waals surface area contributed by atoms with Crippen LogP contribution in [0.5, 0.6) is 0 Å². The van der Waals surface area contributed by atoms with Crippen molar-refractivity contribution in [2.75, 3.05) is 11.9 Å². The highest BCUT2D eigenvalue weighted by Gasteiger charge is 2.19. The van der Waals surface area contributed by atoms with Gasteiger partial charge in [-0.15, -0.1) is 0 Å². The van der Waals surface area contributed by atoms with Crippen LogP contribution in [0.2, 0.25) is 0 Å². The van der Waals surface area contributed by atoms with Crippen LogP contribution in [0.25, 0.3) is 0 Å². The molecule has 16 heavy (non-hydrogen) atoms. The molecule has 0 saturated heterocycles. The van der Waals surface area contributed by atoms with Crippen molar-refractivity contribution in [1.29, 1.82) is 0 Å². The molecule has 0 aliphatic carbocycles. The summed E-state index contributed by atoms with van der Waals surface area (Å²) in [6, 6.07) is 4.82. The van der Waals surface area contributed by atoms with E-state index in [2.05, 4.69) is 29.9 Å². The maximum absolute atomic E-state index is 4.38. The fraction of sp³-hybridized carbons (Fsp3) is 0.643. The van der Waals surface area contributed by atoms with Gasteiger partial charge in [0.25, 0.3) is 0 Å². The summed E-state index contributed by atoms with van der Waals surface area (Å²) in [5.41, 5.74) is 1.39. The smallest absolute Gasteiger partial charge is 0.131 e. The number of pyridine rings is 1. The first kappa shape index (κ1) is 14.9. The van der Waals surface area contributed by atoms with Crippen molar-refractivity contribution in [2.45, 2.75) is 53.5 Å². The molecule has 0 N–H and O–H groups in total. The van der Waals surface area contributed by atoms with E-state index in [1.165, 1.54) is 18.4 Å². The quantitative estimate of drug-likeness (QED) is 0.661. The fourth-order valence-corrected chi connectivity index (χ4v) is 1.71. The number of hydrogen-bond donors (Lipinski definition) is 0. The van der Waals surface area contributed by atoms with Crippen molar-refractivity contribution >= 4 is 5.82 Å². The average Bonchev–Trinajstić information content (AvgIpc) is 2.39. The van der Waals surface area contributed by atoms with Crippen molar-refractivity contribution < 1.29 is 0 Å². The summed E-state index contributed by atoms with van der Waals surface area (Å²) < 4.78 is 0. The molecule has 0 spiro atoms. The summed E-state index contributed by atoms with van der Waals surface area (Å²) in [6.07, 6.45) is 4.29. The first-order chi connectivity index (χ1) is 7.79. The van der Waals surface area contributed by atoms with Crippen molar-refractivity contribution in [3.8, 4) is 0 Å². The van der Waals surface area contributed by atoms with Gasteiger partial charge in [0.15, 0.2) is 0 Å². The van der Waals surface area contributed by atoms with Gasteiger partial charge in [0.05, 0.1) is 0 Å². The topological polar surface area (TPSA) is 16.1 Å². The number of anilines is 1. The Morgan fingerprint density at radius 2 is 1.88 bits per heavy atom. The molecule has 1 aliphatic heterocycles. The number of nitrogens with zero attached hydrogens (tertiary/aromatic N) is 2. The Morgan fingerprint density at radius 1 is 1.25 bits per heavy atom. The Kier molecular flexibility index (Phi) is 7.61. The molecule has 92 valence electrons. The Morgan fingerprint density at radius 3 is 2.50 bits per heavy atom. The molecule has 0 aromatic carbocycles. The van der Waals surface area contributed by atoms with Crippen molar-refractivity contribution in [2.24, 2.45) is 0 Å². The predicted octanol–water partition coefficient (Wildman–Crippen LogP) is 3.90. The van der Waals surface area contributed by atoms with Crippen LogP contribution in [0, 0.1) is 0 Å². The van der Waals surface area contributed by atoms with E-state index in [4.69, 9.17) is 0 Å². The molecular weight excluding hydrogens is 196 g/mol. The second-order valence-electron chi connectivity index (χ2n) is 3.48. The molecule has 2 nitrogen and oxygen atoms in total. The van der Waals surface area contributed by atoms with Crippen molar-refractivity contribution in [1.82, 2.24) is 4.98 Å². The summed E-state index contributed by atoms with van der Waals surface area (Å²) in [6.45, 7) is 10.2. The molecule has 2 heteroatoms. The fourth-order valence-electron chi connectivity index (χ4n) is 1.71. The zero-order valence-electron chi connectivity index (χ0n) is 11.6. The van der Waals surface area contributed by atoms with Crippen LogP contribution in [-0.2, 0) is 6.42 Å². The Hall–Kier alpha value is -1.05. The minimum absolute atomic E-state index is 0.632. The Labute approximate surface area is 101 Å². The van der Waals surface area contributed by atoms with E-state index < -0.39 is 0 Å². The van der Waals surface area contributed by atoms with Crippen LogP contribution < -0.4 is 4.90 Å². The lowest BCUT2D eigenvalue weighted by Gasteiger charge is -2.32. The molecule has 0 amide bonds. The first-order valence-electron chi connectivity index (χ1n) is 6.46. The number of hydrogen-bond acceptors (Lipinski definition) is 2. The molecule has 2 heterocycles. The minimum Gasteiger partial charge on any atom is -0.357 e. The van der Waals surface area contributed by atoms with Gasteiger partial charge in [-0.1, -0.05) is 33.8 Å². The second kappa shape index (κ2) is 8.14. The molecule has 2 rings (SSSR count). The molecule has 0 saturated carbocycles. The van der Waals surface area contributed by atoms with E-state index in [0.717, 1.165) is 5.82 Å². The summed E-state index contributed by atoms with van der Waals surface area (Å²) in [7, 11) is 2.12. The number of rotatable bonds is 0. The summed E-state index contributed by atoms with van der Waals surface area (Å²) in [5, 5.41) is 0. The first-order valence-corrected chi connectivity index (χ1v) is 6.46. The van der Waals surface area contributed by atoms with E-state index in [0.29, 0.717) is 6.04 Å². The molecule has 0 radical (unpaired) electrons. The third kappa shape index (κ3) is 3.51. The molecule has 1 aliphatic rings. The maximum atomic E-state index is 4.38. The van der Waals surface area contributed by atoms with Gasteiger partial charge < -0.3 is 4.90 Å². The SMILES string of the molecule is CC.CC.CC1CCc2cccnc2N1C. The number of fused-ring (bicyclic) bond motifs is 1. The highest BCUT2D eigenvalue weighted by molar-refractivity contribution is 5.48. The summed E-state index contributed by atoms with van der Waals surface area (Å²) in [5.74, 6) is 1.16. The maximum Gasteiger partial charge on any atom is 0.131 e. The lowest BCUT2D eigenvalue weighted by molar-refractivity contribution is 0.590. The van der Waals surface area contributed by atoms with Crippen LogP contribution in [0.4, 0.5) is 5.82 Å². The van der Waals surface area contributed by atoms with E-state index in [1.807, 2.05) is 40.0 Å². The highest BCUT2D eigenvalue weighted by Crippen LogP contribution is 2.26. The second-order valence-corrected chi connectivity index (χ2v) is 3.48. The standard InChI is InChI=1S/C10H14N2.2C2H6/c1-8-5-6-9-4-3-7-11-10(9)12(8)2;2*1-2/h3-4,7-8H,5-6H2,1-2H3;2*1-2H3. The van der Waals surface area contributed by atoms with Gasteiger partial charge in [0.2, 0.25) is 0 Å². The molecule has 0 fully saturated rings. The van der Waals surface area contributed by atoms with Gasteiger partial charge in [0.1, 0.15) is 5.82 Å². The lowest BCUT2D eigenvalue weighted by atomic mass is 10.0. The zero-order valence-corrected chi connectivity index (χ0v) is 11.6. The molecule has 1 aromatic heterocycles. The van der Waals surface area contributed by atoms with Crippen molar-refractivity contribution in [3.05, 3.63) is 23.9 Å². The molecule has 1 aromatic rings. The van der Waals surface area contributed by atoms with E-state index >= 15 is 0 Å². The molecule has 1 unspecified atom stereocenters. The van der Waals surface area contributed by atoms with Crippen LogP contribution >= 0.6 is 0 Å². The highest BCUT2D eigenvalue weighted by atomic mass is 15.2. The van der Waals surface area contributed by atoms with Gasteiger partial charge in [0, 0.05) is 19.3 Å². The van der Waals surface area contributed by atoms with Gasteiger partial charge >= 0.3 is 0 Å². The monoisotopic (exact) mass is 222 g/mol. The number of aromatic nitrogens is 1. The van der Waals surface area contributed by atoms with Gasteiger partial charge in [-0.2, -0.15) is 0 Å².